The highest BCUT2D eigenvalue weighted by molar-refractivity contribution is 5.77. The number of ether oxygens (including phenoxy) is 1. The fourth-order valence-electron chi connectivity index (χ4n) is 1.81. The molecule has 0 aromatic rings. The lowest BCUT2D eigenvalue weighted by molar-refractivity contribution is -0.142. The summed E-state index contributed by atoms with van der Waals surface area (Å²) in [6, 6.07) is 0. The molecule has 0 saturated carbocycles. The van der Waals surface area contributed by atoms with Crippen molar-refractivity contribution in [2.45, 2.75) is 6.92 Å². The first-order chi connectivity index (χ1) is 8.15. The molecule has 0 bridgehead atoms. The summed E-state index contributed by atoms with van der Waals surface area (Å²) in [7, 11) is 1.40. The van der Waals surface area contributed by atoms with Gasteiger partial charge in [-0.15, -0.1) is 0 Å². The van der Waals surface area contributed by atoms with Crippen LogP contribution in [-0.4, -0.2) is 74.6 Å². The van der Waals surface area contributed by atoms with E-state index in [-0.39, 0.29) is 11.9 Å². The van der Waals surface area contributed by atoms with Crippen LogP contribution < -0.4 is 5.32 Å². The van der Waals surface area contributed by atoms with Crippen LogP contribution in [0.3, 0.4) is 0 Å². The van der Waals surface area contributed by atoms with Gasteiger partial charge in [-0.1, -0.05) is 0 Å². The van der Waals surface area contributed by atoms with Crippen molar-refractivity contribution in [1.82, 2.24) is 15.1 Å². The first-order valence-electron chi connectivity index (χ1n) is 5.94. The maximum atomic E-state index is 11.4. The average Bonchev–Trinajstić information content (AvgIpc) is 2.32. The number of amides is 1. The van der Waals surface area contributed by atoms with Crippen molar-refractivity contribution in [1.29, 1.82) is 0 Å². The summed E-state index contributed by atoms with van der Waals surface area (Å²) in [5.74, 6) is -0.143. The Bertz CT molecular complexity index is 263. The number of likely N-dealkylation sites (N-methyl/N-ethyl adjacent to an activating group) is 1. The lowest BCUT2D eigenvalue weighted by Gasteiger charge is -2.33. The van der Waals surface area contributed by atoms with E-state index in [1.165, 1.54) is 7.11 Å². The van der Waals surface area contributed by atoms with Crippen molar-refractivity contribution >= 4 is 11.9 Å². The average molecular weight is 243 g/mol. The predicted molar refractivity (Wildman–Crippen MR) is 63.6 cm³/mol. The number of nitrogens with one attached hydrogen (secondary N) is 1. The fraction of sp³-hybridized carbons (Fsp3) is 0.818. The summed E-state index contributed by atoms with van der Waals surface area (Å²) in [5.41, 5.74) is 0. The van der Waals surface area contributed by atoms with E-state index in [0.717, 1.165) is 26.2 Å². The molecule has 17 heavy (non-hydrogen) atoms. The zero-order chi connectivity index (χ0) is 12.7. The highest BCUT2D eigenvalue weighted by Crippen LogP contribution is 2.01. The maximum absolute atomic E-state index is 11.4. The zero-order valence-electron chi connectivity index (χ0n) is 10.6. The molecule has 0 unspecified atom stereocenters. The molecule has 1 fully saturated rings. The lowest BCUT2D eigenvalue weighted by Crippen LogP contribution is -2.50. The molecule has 0 spiro atoms. The molecule has 1 rings (SSSR count). The molecule has 0 aliphatic carbocycles. The van der Waals surface area contributed by atoms with Gasteiger partial charge in [-0.25, -0.2) is 0 Å². The molecule has 1 aliphatic heterocycles. The van der Waals surface area contributed by atoms with Crippen LogP contribution in [0.25, 0.3) is 0 Å². The van der Waals surface area contributed by atoms with Crippen molar-refractivity contribution in [3.8, 4) is 0 Å². The van der Waals surface area contributed by atoms with Crippen LogP contribution in [0.2, 0.25) is 0 Å². The predicted octanol–water partition coefficient (Wildman–Crippen LogP) is -1.09. The monoisotopic (exact) mass is 243 g/mol. The second kappa shape index (κ2) is 7.24. The third-order valence-corrected chi connectivity index (χ3v) is 2.79. The Morgan fingerprint density at radius 3 is 2.12 bits per heavy atom. The number of piperazine rings is 1. The molecule has 0 aromatic carbocycles. The summed E-state index contributed by atoms with van der Waals surface area (Å²) in [6.07, 6.45) is 0. The van der Waals surface area contributed by atoms with E-state index in [2.05, 4.69) is 15.0 Å². The minimum Gasteiger partial charge on any atom is -0.468 e. The van der Waals surface area contributed by atoms with Crippen LogP contribution in [0.1, 0.15) is 6.92 Å². The number of methoxy groups -OCH3 is 1. The number of carbonyl (C=O) groups excluding carboxylic acids is 2. The van der Waals surface area contributed by atoms with Gasteiger partial charge in [-0.05, 0) is 6.92 Å². The van der Waals surface area contributed by atoms with Gasteiger partial charge in [-0.2, -0.15) is 0 Å². The number of carbonyl (C=O) groups is 2. The van der Waals surface area contributed by atoms with Crippen molar-refractivity contribution in [3.05, 3.63) is 0 Å². The molecular formula is C11H21N3O3. The van der Waals surface area contributed by atoms with Crippen LogP contribution >= 0.6 is 0 Å². The molecule has 0 radical (unpaired) electrons. The first kappa shape index (κ1) is 13.9. The molecule has 0 aromatic heterocycles. The van der Waals surface area contributed by atoms with E-state index in [9.17, 15) is 9.59 Å². The standard InChI is InChI=1S/C11H21N3O3/c1-3-12-10(15)8-13-4-6-14(7-5-13)9-11(16)17-2/h3-9H2,1-2H3,(H,12,15). The Balaban J connectivity index is 2.21. The van der Waals surface area contributed by atoms with Crippen LogP contribution in [0.15, 0.2) is 0 Å². The zero-order valence-corrected chi connectivity index (χ0v) is 10.6. The molecule has 6 nitrogen and oxygen atoms in total. The highest BCUT2D eigenvalue weighted by Gasteiger charge is 2.20. The van der Waals surface area contributed by atoms with Gasteiger partial charge in [-0.3, -0.25) is 19.4 Å². The normalized spacial score (nSPS) is 17.8. The van der Waals surface area contributed by atoms with E-state index >= 15 is 0 Å². The third-order valence-electron chi connectivity index (χ3n) is 2.79. The first-order valence-corrected chi connectivity index (χ1v) is 5.94. The van der Waals surface area contributed by atoms with Gasteiger partial charge in [0.25, 0.3) is 0 Å². The number of rotatable bonds is 5. The van der Waals surface area contributed by atoms with E-state index in [1.807, 2.05) is 11.8 Å². The Morgan fingerprint density at radius 1 is 1.12 bits per heavy atom. The van der Waals surface area contributed by atoms with Crippen molar-refractivity contribution < 1.29 is 14.3 Å². The van der Waals surface area contributed by atoms with E-state index in [0.29, 0.717) is 19.6 Å². The number of hydrogen-bond acceptors (Lipinski definition) is 5. The van der Waals surface area contributed by atoms with Crippen LogP contribution in [0.4, 0.5) is 0 Å². The van der Waals surface area contributed by atoms with Gasteiger partial charge in [0.1, 0.15) is 0 Å². The lowest BCUT2D eigenvalue weighted by atomic mass is 10.3. The Kier molecular flexibility index (Phi) is 5.93. The number of hydrogen-bond donors (Lipinski definition) is 1. The van der Waals surface area contributed by atoms with Crippen molar-refractivity contribution in [2.24, 2.45) is 0 Å². The van der Waals surface area contributed by atoms with Gasteiger partial charge >= 0.3 is 5.97 Å². The minimum absolute atomic E-state index is 0.0638. The molecule has 1 saturated heterocycles. The third kappa shape index (κ3) is 5.14. The second-order valence-corrected chi connectivity index (χ2v) is 4.08. The van der Waals surface area contributed by atoms with Crippen molar-refractivity contribution in [3.63, 3.8) is 0 Å². The maximum Gasteiger partial charge on any atom is 0.319 e. The molecule has 1 amide bonds. The smallest absolute Gasteiger partial charge is 0.319 e. The van der Waals surface area contributed by atoms with E-state index < -0.39 is 0 Å². The van der Waals surface area contributed by atoms with Gasteiger partial charge < -0.3 is 10.1 Å². The van der Waals surface area contributed by atoms with E-state index in [4.69, 9.17) is 0 Å². The SMILES string of the molecule is CCNC(=O)CN1CCN(CC(=O)OC)CC1. The molecule has 6 heteroatoms. The van der Waals surface area contributed by atoms with Gasteiger partial charge in [0, 0.05) is 32.7 Å². The Labute approximate surface area is 102 Å². The Morgan fingerprint density at radius 2 is 1.65 bits per heavy atom. The molecule has 1 N–H and O–H groups in total. The summed E-state index contributed by atoms with van der Waals surface area (Å²) in [6.45, 7) is 6.59. The topological polar surface area (TPSA) is 61.9 Å². The fourth-order valence-corrected chi connectivity index (χ4v) is 1.81. The molecule has 0 atom stereocenters. The van der Waals surface area contributed by atoms with Crippen LogP contribution in [0, 0.1) is 0 Å². The minimum atomic E-state index is -0.206. The summed E-state index contributed by atoms with van der Waals surface area (Å²) < 4.78 is 4.62. The van der Waals surface area contributed by atoms with E-state index in [1.54, 1.807) is 0 Å². The van der Waals surface area contributed by atoms with Crippen LogP contribution in [0.5, 0.6) is 0 Å². The molecule has 98 valence electrons. The highest BCUT2D eigenvalue weighted by atomic mass is 16.5. The van der Waals surface area contributed by atoms with Gasteiger partial charge in [0.05, 0.1) is 20.2 Å². The number of esters is 1. The van der Waals surface area contributed by atoms with Gasteiger partial charge in [0.2, 0.25) is 5.91 Å². The molecule has 1 heterocycles. The van der Waals surface area contributed by atoms with Gasteiger partial charge in [0.15, 0.2) is 0 Å². The second-order valence-electron chi connectivity index (χ2n) is 4.08. The van der Waals surface area contributed by atoms with Crippen LogP contribution in [-0.2, 0) is 14.3 Å². The Hall–Kier alpha value is -1.14. The number of nitrogens with zero attached hydrogens (tertiary/aromatic N) is 2. The van der Waals surface area contributed by atoms with Crippen molar-refractivity contribution in [2.75, 3.05) is 52.9 Å². The summed E-state index contributed by atoms with van der Waals surface area (Å²) in [5, 5.41) is 2.78. The molecular weight excluding hydrogens is 222 g/mol. The molecule has 1 aliphatic rings. The quantitative estimate of drug-likeness (QED) is 0.622. The largest absolute Gasteiger partial charge is 0.468 e. The summed E-state index contributed by atoms with van der Waals surface area (Å²) >= 11 is 0. The summed E-state index contributed by atoms with van der Waals surface area (Å²) in [4.78, 5) is 26.6.